The summed E-state index contributed by atoms with van der Waals surface area (Å²) in [5.41, 5.74) is -0.627. The molecule has 1 saturated carbocycles. The van der Waals surface area contributed by atoms with E-state index in [9.17, 15) is 9.90 Å². The van der Waals surface area contributed by atoms with Crippen molar-refractivity contribution in [3.8, 4) is 0 Å². The molecule has 0 saturated heterocycles. The molecule has 1 amide bonds. The second-order valence-corrected chi connectivity index (χ2v) is 4.21. The highest BCUT2D eigenvalue weighted by Gasteiger charge is 2.33. The van der Waals surface area contributed by atoms with Gasteiger partial charge in [-0.2, -0.15) is 0 Å². The number of amides is 1. The number of nitrogens with one attached hydrogen (secondary N) is 1. The molecule has 1 fully saturated rings. The van der Waals surface area contributed by atoms with E-state index in [1.807, 2.05) is 0 Å². The molecule has 0 aromatic heterocycles. The molecule has 14 heavy (non-hydrogen) atoms. The molecular weight excluding hydrogens is 180 g/mol. The number of rotatable bonds is 4. The van der Waals surface area contributed by atoms with E-state index in [2.05, 4.69) is 5.32 Å². The number of carbonyl (C=O) groups excluding carboxylic acids is 1. The molecule has 0 aromatic rings. The molecule has 0 radical (unpaired) electrons. The second kappa shape index (κ2) is 4.75. The van der Waals surface area contributed by atoms with Gasteiger partial charge < -0.3 is 15.3 Å². The minimum Gasteiger partial charge on any atom is -0.388 e. The Morgan fingerprint density at radius 1 is 1.50 bits per heavy atom. The number of likely N-dealkylation sites (N-methyl/N-ethyl adjacent to an activating group) is 2. The van der Waals surface area contributed by atoms with Crippen LogP contribution in [-0.4, -0.2) is 48.7 Å². The Kier molecular flexibility index (Phi) is 3.89. The Hall–Kier alpha value is -0.610. The normalized spacial score (nSPS) is 19.6. The van der Waals surface area contributed by atoms with Crippen molar-refractivity contribution in [2.75, 3.05) is 27.2 Å². The summed E-state index contributed by atoms with van der Waals surface area (Å²) in [7, 11) is 3.49. The van der Waals surface area contributed by atoms with Crippen LogP contribution in [0.5, 0.6) is 0 Å². The smallest absolute Gasteiger partial charge is 0.236 e. The topological polar surface area (TPSA) is 52.6 Å². The van der Waals surface area contributed by atoms with E-state index < -0.39 is 5.60 Å². The summed E-state index contributed by atoms with van der Waals surface area (Å²) < 4.78 is 0. The number of aliphatic hydroxyl groups is 1. The van der Waals surface area contributed by atoms with E-state index in [0.717, 1.165) is 25.7 Å². The van der Waals surface area contributed by atoms with Gasteiger partial charge in [-0.05, 0) is 19.9 Å². The summed E-state index contributed by atoms with van der Waals surface area (Å²) in [6.45, 7) is 0.806. The average molecular weight is 200 g/mol. The molecule has 4 heteroatoms. The first-order valence-electron chi connectivity index (χ1n) is 5.18. The fraction of sp³-hybridized carbons (Fsp3) is 0.900. The highest BCUT2D eigenvalue weighted by Crippen LogP contribution is 2.29. The summed E-state index contributed by atoms with van der Waals surface area (Å²) in [6, 6.07) is 0. The van der Waals surface area contributed by atoms with Gasteiger partial charge in [0.1, 0.15) is 0 Å². The van der Waals surface area contributed by atoms with Gasteiger partial charge in [0.2, 0.25) is 5.91 Å². The number of hydrogen-bond donors (Lipinski definition) is 2. The van der Waals surface area contributed by atoms with E-state index in [-0.39, 0.29) is 5.91 Å². The lowest BCUT2D eigenvalue weighted by Gasteiger charge is -2.28. The molecule has 0 aromatic carbocycles. The van der Waals surface area contributed by atoms with Gasteiger partial charge in [0.15, 0.2) is 0 Å². The minimum atomic E-state index is -0.627. The summed E-state index contributed by atoms with van der Waals surface area (Å²) >= 11 is 0. The van der Waals surface area contributed by atoms with Crippen molar-refractivity contribution in [3.63, 3.8) is 0 Å². The second-order valence-electron chi connectivity index (χ2n) is 4.21. The van der Waals surface area contributed by atoms with Crippen molar-refractivity contribution < 1.29 is 9.90 Å². The quantitative estimate of drug-likeness (QED) is 0.670. The van der Waals surface area contributed by atoms with Crippen molar-refractivity contribution in [1.29, 1.82) is 0 Å². The lowest BCUT2D eigenvalue weighted by atomic mass is 10.0. The van der Waals surface area contributed by atoms with Crippen LogP contribution in [0.2, 0.25) is 0 Å². The van der Waals surface area contributed by atoms with Gasteiger partial charge in [-0.1, -0.05) is 12.8 Å². The highest BCUT2D eigenvalue weighted by atomic mass is 16.3. The predicted molar refractivity (Wildman–Crippen MR) is 55.0 cm³/mol. The van der Waals surface area contributed by atoms with Crippen LogP contribution in [0.3, 0.4) is 0 Å². The molecule has 0 bridgehead atoms. The van der Waals surface area contributed by atoms with Crippen molar-refractivity contribution in [1.82, 2.24) is 10.2 Å². The van der Waals surface area contributed by atoms with Crippen LogP contribution >= 0.6 is 0 Å². The van der Waals surface area contributed by atoms with Crippen molar-refractivity contribution in [2.24, 2.45) is 0 Å². The summed E-state index contributed by atoms with van der Waals surface area (Å²) in [4.78, 5) is 13.0. The van der Waals surface area contributed by atoms with Crippen LogP contribution in [0.4, 0.5) is 0 Å². The van der Waals surface area contributed by atoms with E-state index in [0.29, 0.717) is 13.1 Å². The van der Waals surface area contributed by atoms with Gasteiger partial charge in [-0.15, -0.1) is 0 Å². The molecule has 0 aliphatic heterocycles. The summed E-state index contributed by atoms with van der Waals surface area (Å²) in [5.74, 6) is 0.0350. The zero-order chi connectivity index (χ0) is 10.6. The highest BCUT2D eigenvalue weighted by molar-refractivity contribution is 5.78. The average Bonchev–Trinajstić information content (AvgIpc) is 2.52. The Labute approximate surface area is 85.3 Å². The van der Waals surface area contributed by atoms with Crippen LogP contribution < -0.4 is 5.32 Å². The maximum atomic E-state index is 11.4. The van der Waals surface area contributed by atoms with Crippen molar-refractivity contribution in [2.45, 2.75) is 31.3 Å². The summed E-state index contributed by atoms with van der Waals surface area (Å²) in [5, 5.41) is 12.9. The van der Waals surface area contributed by atoms with E-state index in [4.69, 9.17) is 0 Å². The van der Waals surface area contributed by atoms with E-state index in [1.54, 1.807) is 19.0 Å². The molecule has 4 nitrogen and oxygen atoms in total. The van der Waals surface area contributed by atoms with Crippen LogP contribution in [-0.2, 0) is 4.79 Å². The predicted octanol–water partition coefficient (Wildman–Crippen LogP) is -0.0307. The fourth-order valence-electron chi connectivity index (χ4n) is 2.01. The maximum Gasteiger partial charge on any atom is 0.236 e. The lowest BCUT2D eigenvalue weighted by molar-refractivity contribution is -0.132. The van der Waals surface area contributed by atoms with Gasteiger partial charge in [0.25, 0.3) is 0 Å². The molecule has 0 unspecified atom stereocenters. The summed E-state index contributed by atoms with van der Waals surface area (Å²) in [6.07, 6.45) is 3.80. The Morgan fingerprint density at radius 2 is 2.07 bits per heavy atom. The largest absolute Gasteiger partial charge is 0.388 e. The van der Waals surface area contributed by atoms with Crippen LogP contribution in [0.1, 0.15) is 25.7 Å². The van der Waals surface area contributed by atoms with Gasteiger partial charge in [-0.25, -0.2) is 0 Å². The third-order valence-electron chi connectivity index (χ3n) is 2.82. The first-order chi connectivity index (χ1) is 6.57. The van der Waals surface area contributed by atoms with Gasteiger partial charge in [0.05, 0.1) is 12.1 Å². The zero-order valence-electron chi connectivity index (χ0n) is 9.05. The molecule has 0 atom stereocenters. The van der Waals surface area contributed by atoms with Crippen LogP contribution in [0, 0.1) is 0 Å². The molecule has 0 heterocycles. The number of nitrogens with zero attached hydrogens (tertiary/aromatic N) is 1. The molecule has 0 spiro atoms. The molecule has 2 N–H and O–H groups in total. The van der Waals surface area contributed by atoms with Gasteiger partial charge in [-0.3, -0.25) is 4.79 Å². The Bertz CT molecular complexity index is 200. The first-order valence-corrected chi connectivity index (χ1v) is 5.18. The lowest BCUT2D eigenvalue weighted by Crippen LogP contribution is -2.44. The fourth-order valence-corrected chi connectivity index (χ4v) is 2.01. The standard InChI is InChI=1S/C10H20N2O2/c1-11-7-9(13)12(2)8-10(14)5-3-4-6-10/h11,14H,3-8H2,1-2H3. The van der Waals surface area contributed by atoms with Crippen LogP contribution in [0.15, 0.2) is 0 Å². The molecule has 1 aliphatic rings. The van der Waals surface area contributed by atoms with Crippen molar-refractivity contribution in [3.05, 3.63) is 0 Å². The maximum absolute atomic E-state index is 11.4. The molecule has 82 valence electrons. The van der Waals surface area contributed by atoms with E-state index >= 15 is 0 Å². The Balaban J connectivity index is 2.38. The first kappa shape index (κ1) is 11.5. The van der Waals surface area contributed by atoms with Crippen LogP contribution in [0.25, 0.3) is 0 Å². The SMILES string of the molecule is CNCC(=O)N(C)CC1(O)CCCC1. The third-order valence-corrected chi connectivity index (χ3v) is 2.82. The van der Waals surface area contributed by atoms with Gasteiger partial charge >= 0.3 is 0 Å². The number of hydrogen-bond acceptors (Lipinski definition) is 3. The monoisotopic (exact) mass is 200 g/mol. The third kappa shape index (κ3) is 2.96. The zero-order valence-corrected chi connectivity index (χ0v) is 9.05. The van der Waals surface area contributed by atoms with Crippen molar-refractivity contribution >= 4 is 5.91 Å². The van der Waals surface area contributed by atoms with E-state index in [1.165, 1.54) is 0 Å². The Morgan fingerprint density at radius 3 is 2.57 bits per heavy atom. The number of carbonyl (C=O) groups is 1. The minimum absolute atomic E-state index is 0.0350. The van der Waals surface area contributed by atoms with Gasteiger partial charge in [0, 0.05) is 13.6 Å². The molecule has 1 rings (SSSR count). The molecular formula is C10H20N2O2. The molecule has 1 aliphatic carbocycles.